The summed E-state index contributed by atoms with van der Waals surface area (Å²) in [5.41, 5.74) is 3.52. The maximum atomic E-state index is 6.39. The normalized spacial score (nSPS) is 12.2. The van der Waals surface area contributed by atoms with Crippen LogP contribution < -0.4 is 4.74 Å². The summed E-state index contributed by atoms with van der Waals surface area (Å²) >= 11 is 6.39. The topological polar surface area (TPSA) is 35.0 Å². The van der Waals surface area contributed by atoms with Crippen LogP contribution in [0.15, 0.2) is 36.7 Å². The van der Waals surface area contributed by atoms with Gasteiger partial charge in [0.05, 0.1) is 7.11 Å². The molecule has 3 nitrogen and oxygen atoms in total. The second kappa shape index (κ2) is 7.25. The van der Waals surface area contributed by atoms with Crippen molar-refractivity contribution in [2.45, 2.75) is 31.6 Å². The number of aromatic nitrogens is 2. The fourth-order valence-corrected chi connectivity index (χ4v) is 2.27. The number of methoxy groups -OCH3 is 1. The number of aryl methyl sites for hydroxylation is 2. The van der Waals surface area contributed by atoms with E-state index >= 15 is 0 Å². The number of alkyl halides is 1. The molecule has 0 fully saturated rings. The predicted octanol–water partition coefficient (Wildman–Crippen LogP) is 3.58. The summed E-state index contributed by atoms with van der Waals surface area (Å²) in [6.45, 7) is 2.09. The Kier molecular flexibility index (Phi) is 5.36. The van der Waals surface area contributed by atoms with E-state index < -0.39 is 0 Å². The molecule has 0 aliphatic heterocycles. The van der Waals surface area contributed by atoms with Crippen molar-refractivity contribution in [2.75, 3.05) is 7.11 Å². The molecule has 0 amide bonds. The second-order valence-electron chi connectivity index (χ2n) is 4.88. The molecule has 1 unspecified atom stereocenters. The van der Waals surface area contributed by atoms with Gasteiger partial charge in [-0.25, -0.2) is 9.97 Å². The standard InChI is InChI=1S/C16H19ClN2O/c1-12-3-5-13(6-4-12)7-8-14(17)9-15-10-16(20-2)19-11-18-15/h3-6,10-11,14H,7-9H2,1-2H3. The average molecular weight is 291 g/mol. The molecular formula is C16H19ClN2O. The molecule has 2 aromatic rings. The number of benzene rings is 1. The lowest BCUT2D eigenvalue weighted by atomic mass is 10.0. The monoisotopic (exact) mass is 290 g/mol. The molecule has 0 spiro atoms. The van der Waals surface area contributed by atoms with Gasteiger partial charge in [0.1, 0.15) is 6.33 Å². The van der Waals surface area contributed by atoms with Crippen molar-refractivity contribution >= 4 is 11.6 Å². The van der Waals surface area contributed by atoms with Gasteiger partial charge in [0.15, 0.2) is 0 Å². The number of ether oxygens (including phenoxy) is 1. The molecule has 0 radical (unpaired) electrons. The van der Waals surface area contributed by atoms with E-state index in [4.69, 9.17) is 16.3 Å². The quantitative estimate of drug-likeness (QED) is 0.763. The molecule has 0 N–H and O–H groups in total. The summed E-state index contributed by atoms with van der Waals surface area (Å²) in [5.74, 6) is 0.581. The summed E-state index contributed by atoms with van der Waals surface area (Å²) in [4.78, 5) is 8.21. The summed E-state index contributed by atoms with van der Waals surface area (Å²) in [5, 5.41) is 0.0657. The van der Waals surface area contributed by atoms with Gasteiger partial charge >= 0.3 is 0 Å². The van der Waals surface area contributed by atoms with Crippen molar-refractivity contribution in [3.05, 3.63) is 53.5 Å². The van der Waals surface area contributed by atoms with E-state index in [1.165, 1.54) is 17.5 Å². The molecule has 0 aliphatic rings. The largest absolute Gasteiger partial charge is 0.481 e. The van der Waals surface area contributed by atoms with Gasteiger partial charge in [-0.3, -0.25) is 0 Å². The molecule has 0 saturated carbocycles. The maximum absolute atomic E-state index is 6.39. The Hall–Kier alpha value is -1.61. The highest BCUT2D eigenvalue weighted by molar-refractivity contribution is 6.20. The highest BCUT2D eigenvalue weighted by Gasteiger charge is 2.08. The lowest BCUT2D eigenvalue weighted by Gasteiger charge is -2.09. The van der Waals surface area contributed by atoms with E-state index in [2.05, 4.69) is 41.2 Å². The molecule has 1 aromatic carbocycles. The fourth-order valence-electron chi connectivity index (χ4n) is 2.01. The van der Waals surface area contributed by atoms with E-state index in [0.717, 1.165) is 25.0 Å². The first-order valence-corrected chi connectivity index (χ1v) is 7.15. The Morgan fingerprint density at radius 3 is 2.65 bits per heavy atom. The van der Waals surface area contributed by atoms with Crippen LogP contribution in [0.3, 0.4) is 0 Å². The smallest absolute Gasteiger partial charge is 0.216 e. The second-order valence-corrected chi connectivity index (χ2v) is 5.49. The third kappa shape index (κ3) is 4.49. The molecular weight excluding hydrogens is 272 g/mol. The maximum Gasteiger partial charge on any atom is 0.216 e. The molecule has 2 rings (SSSR count). The number of hydrogen-bond donors (Lipinski definition) is 0. The molecule has 0 aliphatic carbocycles. The van der Waals surface area contributed by atoms with Crippen LogP contribution in [0.2, 0.25) is 0 Å². The van der Waals surface area contributed by atoms with E-state index in [1.54, 1.807) is 7.11 Å². The minimum atomic E-state index is 0.0657. The highest BCUT2D eigenvalue weighted by atomic mass is 35.5. The van der Waals surface area contributed by atoms with Gasteiger partial charge in [-0.2, -0.15) is 0 Å². The fraction of sp³-hybridized carbons (Fsp3) is 0.375. The number of rotatable bonds is 6. The zero-order chi connectivity index (χ0) is 14.4. The van der Waals surface area contributed by atoms with Crippen molar-refractivity contribution in [3.63, 3.8) is 0 Å². The van der Waals surface area contributed by atoms with Crippen LogP contribution in [-0.2, 0) is 12.8 Å². The van der Waals surface area contributed by atoms with E-state index in [0.29, 0.717) is 5.88 Å². The van der Waals surface area contributed by atoms with Gasteiger partial charge < -0.3 is 4.74 Å². The first kappa shape index (κ1) is 14.8. The molecule has 0 saturated heterocycles. The lowest BCUT2D eigenvalue weighted by molar-refractivity contribution is 0.395. The molecule has 1 aromatic heterocycles. The predicted molar refractivity (Wildman–Crippen MR) is 81.4 cm³/mol. The van der Waals surface area contributed by atoms with Crippen LogP contribution in [0.4, 0.5) is 0 Å². The Labute approximate surface area is 125 Å². The number of halogens is 1. The summed E-state index contributed by atoms with van der Waals surface area (Å²) in [6.07, 6.45) is 4.15. The van der Waals surface area contributed by atoms with E-state index in [9.17, 15) is 0 Å². The van der Waals surface area contributed by atoms with Gasteiger partial charge in [-0.15, -0.1) is 11.6 Å². The Morgan fingerprint density at radius 2 is 1.95 bits per heavy atom. The van der Waals surface area contributed by atoms with Crippen molar-refractivity contribution in [1.29, 1.82) is 0 Å². The van der Waals surface area contributed by atoms with Gasteiger partial charge in [0.2, 0.25) is 5.88 Å². The molecule has 20 heavy (non-hydrogen) atoms. The first-order chi connectivity index (χ1) is 9.67. The van der Waals surface area contributed by atoms with Crippen LogP contribution in [0.25, 0.3) is 0 Å². The van der Waals surface area contributed by atoms with Crippen molar-refractivity contribution in [1.82, 2.24) is 9.97 Å². The lowest BCUT2D eigenvalue weighted by Crippen LogP contribution is -2.07. The SMILES string of the molecule is COc1cc(CC(Cl)CCc2ccc(C)cc2)ncn1. The molecule has 0 bridgehead atoms. The van der Waals surface area contributed by atoms with Gasteiger partial charge in [-0.05, 0) is 25.3 Å². The third-order valence-corrected chi connectivity index (χ3v) is 3.58. The van der Waals surface area contributed by atoms with Gasteiger partial charge in [0, 0.05) is 23.6 Å². The van der Waals surface area contributed by atoms with Crippen molar-refractivity contribution < 1.29 is 4.74 Å². The van der Waals surface area contributed by atoms with Crippen LogP contribution in [0.1, 0.15) is 23.2 Å². The first-order valence-electron chi connectivity index (χ1n) is 6.72. The Balaban J connectivity index is 1.85. The summed E-state index contributed by atoms with van der Waals surface area (Å²) in [7, 11) is 1.60. The van der Waals surface area contributed by atoms with Crippen LogP contribution in [0, 0.1) is 6.92 Å². The van der Waals surface area contributed by atoms with Crippen LogP contribution >= 0.6 is 11.6 Å². The summed E-state index contributed by atoms with van der Waals surface area (Å²) < 4.78 is 5.08. The van der Waals surface area contributed by atoms with Crippen molar-refractivity contribution in [3.8, 4) is 5.88 Å². The average Bonchev–Trinajstić information content (AvgIpc) is 2.47. The third-order valence-electron chi connectivity index (χ3n) is 3.21. The van der Waals surface area contributed by atoms with Crippen LogP contribution in [0.5, 0.6) is 5.88 Å². The van der Waals surface area contributed by atoms with Crippen molar-refractivity contribution in [2.24, 2.45) is 0 Å². The number of nitrogens with zero attached hydrogens (tertiary/aromatic N) is 2. The van der Waals surface area contributed by atoms with Crippen LogP contribution in [-0.4, -0.2) is 22.5 Å². The number of hydrogen-bond acceptors (Lipinski definition) is 3. The minimum absolute atomic E-state index is 0.0657. The van der Waals surface area contributed by atoms with Gasteiger partial charge in [-0.1, -0.05) is 29.8 Å². The minimum Gasteiger partial charge on any atom is -0.481 e. The zero-order valence-corrected chi connectivity index (χ0v) is 12.6. The van der Waals surface area contributed by atoms with Gasteiger partial charge in [0.25, 0.3) is 0 Å². The molecule has 4 heteroatoms. The van der Waals surface area contributed by atoms with E-state index in [-0.39, 0.29) is 5.38 Å². The molecule has 1 heterocycles. The molecule has 106 valence electrons. The Bertz CT molecular complexity index is 542. The zero-order valence-electron chi connectivity index (χ0n) is 11.8. The Morgan fingerprint density at radius 1 is 1.20 bits per heavy atom. The van der Waals surface area contributed by atoms with E-state index in [1.807, 2.05) is 6.07 Å². The highest BCUT2D eigenvalue weighted by Crippen LogP contribution is 2.15. The molecule has 1 atom stereocenters. The summed E-state index contributed by atoms with van der Waals surface area (Å²) in [6, 6.07) is 10.4.